The maximum Gasteiger partial charge on any atom is 0.305 e. The molecule has 0 saturated heterocycles. The van der Waals surface area contributed by atoms with Crippen molar-refractivity contribution in [3.63, 3.8) is 0 Å². The number of halogens is 2. The largest absolute Gasteiger partial charge is 0.469 e. The van der Waals surface area contributed by atoms with Crippen LogP contribution >= 0.6 is 34.5 Å². The highest BCUT2D eigenvalue weighted by atomic mass is 35.5. The molecular weight excluding hydrogens is 437 g/mol. The first-order valence-electron chi connectivity index (χ1n) is 10.5. The molecule has 158 valence electrons. The van der Waals surface area contributed by atoms with Crippen molar-refractivity contribution in [1.82, 2.24) is 4.98 Å². The Morgan fingerprint density at radius 1 is 1.17 bits per heavy atom. The molecule has 0 N–H and O–H groups in total. The standard InChI is InChI=1S/C24H25Cl2NO2S/c1-14-16(7-4-6-10-21(28)29-2)22(15-11-12-18(25)19(26)13-15)23-17-8-3-5-9-20(17)30-24(23)27-14/h11-13H,3-10H2,1-2H3. The van der Waals surface area contributed by atoms with E-state index in [1.165, 1.54) is 46.9 Å². The Labute approximate surface area is 191 Å². The number of thiophene rings is 1. The molecule has 0 saturated carbocycles. The van der Waals surface area contributed by atoms with Gasteiger partial charge in [-0.05, 0) is 86.3 Å². The van der Waals surface area contributed by atoms with Gasteiger partial charge in [0.15, 0.2) is 0 Å². The van der Waals surface area contributed by atoms with Crippen molar-refractivity contribution in [1.29, 1.82) is 0 Å². The molecule has 0 radical (unpaired) electrons. The predicted octanol–water partition coefficient (Wildman–Crippen LogP) is 7.34. The first kappa shape index (κ1) is 21.6. The van der Waals surface area contributed by atoms with Gasteiger partial charge >= 0.3 is 5.97 Å². The number of aryl methyl sites for hydroxylation is 3. The number of esters is 1. The highest BCUT2D eigenvalue weighted by molar-refractivity contribution is 7.19. The summed E-state index contributed by atoms with van der Waals surface area (Å²) in [6.45, 7) is 2.09. The fourth-order valence-corrected chi connectivity index (χ4v) is 6.00. The van der Waals surface area contributed by atoms with Crippen LogP contribution in [0.4, 0.5) is 0 Å². The van der Waals surface area contributed by atoms with E-state index < -0.39 is 0 Å². The summed E-state index contributed by atoms with van der Waals surface area (Å²) in [7, 11) is 1.44. The van der Waals surface area contributed by atoms with Gasteiger partial charge in [-0.2, -0.15) is 0 Å². The molecule has 0 amide bonds. The molecule has 3 nitrogen and oxygen atoms in total. The molecule has 4 rings (SSSR count). The maximum atomic E-state index is 11.5. The number of carbonyl (C=O) groups excluding carboxylic acids is 1. The first-order valence-corrected chi connectivity index (χ1v) is 12.0. The van der Waals surface area contributed by atoms with Crippen molar-refractivity contribution in [3.8, 4) is 11.1 Å². The molecule has 0 fully saturated rings. The lowest BCUT2D eigenvalue weighted by atomic mass is 9.88. The van der Waals surface area contributed by atoms with Crippen molar-refractivity contribution < 1.29 is 9.53 Å². The van der Waals surface area contributed by atoms with Crippen LogP contribution in [0.1, 0.15) is 53.8 Å². The number of ether oxygens (including phenoxy) is 1. The lowest BCUT2D eigenvalue weighted by molar-refractivity contribution is -0.140. The number of nitrogens with zero attached hydrogens (tertiary/aromatic N) is 1. The summed E-state index contributed by atoms with van der Waals surface area (Å²) in [4.78, 5) is 19.1. The minimum absolute atomic E-state index is 0.156. The molecule has 0 spiro atoms. The number of rotatable bonds is 6. The summed E-state index contributed by atoms with van der Waals surface area (Å²) in [5, 5.41) is 2.42. The first-order chi connectivity index (χ1) is 14.5. The second kappa shape index (κ2) is 9.25. The number of fused-ring (bicyclic) bond motifs is 3. The van der Waals surface area contributed by atoms with Gasteiger partial charge in [0.25, 0.3) is 0 Å². The van der Waals surface area contributed by atoms with E-state index in [0.29, 0.717) is 16.5 Å². The molecule has 3 aromatic rings. The maximum absolute atomic E-state index is 11.5. The third kappa shape index (κ3) is 4.23. The van der Waals surface area contributed by atoms with Gasteiger partial charge in [0.05, 0.1) is 17.2 Å². The summed E-state index contributed by atoms with van der Waals surface area (Å²) in [6.07, 6.45) is 7.74. The van der Waals surface area contributed by atoms with Gasteiger partial charge in [0, 0.05) is 22.4 Å². The average Bonchev–Trinajstić information content (AvgIpc) is 3.10. The number of benzene rings is 1. The molecule has 1 aromatic carbocycles. The topological polar surface area (TPSA) is 39.2 Å². The van der Waals surface area contributed by atoms with E-state index in [1.807, 2.05) is 23.5 Å². The van der Waals surface area contributed by atoms with Crippen LogP contribution in [0.5, 0.6) is 0 Å². The molecule has 0 bridgehead atoms. The summed E-state index contributed by atoms with van der Waals surface area (Å²) in [5.41, 5.74) is 6.10. The smallest absolute Gasteiger partial charge is 0.305 e. The normalized spacial score (nSPS) is 13.5. The average molecular weight is 462 g/mol. The lowest BCUT2D eigenvalue weighted by Gasteiger charge is -2.17. The van der Waals surface area contributed by atoms with E-state index in [2.05, 4.69) is 13.0 Å². The van der Waals surface area contributed by atoms with Gasteiger partial charge in [0.2, 0.25) is 0 Å². The monoisotopic (exact) mass is 461 g/mol. The molecular formula is C24H25Cl2NO2S. The van der Waals surface area contributed by atoms with Crippen LogP contribution in [0.3, 0.4) is 0 Å². The number of hydrogen-bond acceptors (Lipinski definition) is 4. The zero-order chi connectivity index (χ0) is 21.3. The number of hydrogen-bond donors (Lipinski definition) is 0. The van der Waals surface area contributed by atoms with Crippen molar-refractivity contribution in [3.05, 3.63) is 49.9 Å². The third-order valence-electron chi connectivity index (χ3n) is 5.90. The van der Waals surface area contributed by atoms with E-state index in [4.69, 9.17) is 32.9 Å². The van der Waals surface area contributed by atoms with E-state index in [9.17, 15) is 4.79 Å². The van der Waals surface area contributed by atoms with E-state index in [-0.39, 0.29) is 5.97 Å². The quantitative estimate of drug-likeness (QED) is 0.284. The van der Waals surface area contributed by atoms with Crippen LogP contribution in [0.2, 0.25) is 10.0 Å². The number of pyridine rings is 1. The van der Waals surface area contributed by atoms with Crippen LogP contribution in [0.25, 0.3) is 21.3 Å². The van der Waals surface area contributed by atoms with Gasteiger partial charge in [-0.1, -0.05) is 29.3 Å². The van der Waals surface area contributed by atoms with E-state index in [1.54, 1.807) is 0 Å². The zero-order valence-corrected chi connectivity index (χ0v) is 19.6. The molecule has 30 heavy (non-hydrogen) atoms. The fourth-order valence-electron chi connectivity index (χ4n) is 4.39. The summed E-state index contributed by atoms with van der Waals surface area (Å²) in [6, 6.07) is 5.91. The van der Waals surface area contributed by atoms with Crippen LogP contribution in [-0.4, -0.2) is 18.1 Å². The lowest BCUT2D eigenvalue weighted by Crippen LogP contribution is -2.03. The highest BCUT2D eigenvalue weighted by Crippen LogP contribution is 2.44. The van der Waals surface area contributed by atoms with Crippen LogP contribution in [-0.2, 0) is 28.8 Å². The Bertz CT molecular complexity index is 1110. The van der Waals surface area contributed by atoms with Gasteiger partial charge in [-0.3, -0.25) is 4.79 Å². The molecule has 2 heterocycles. The van der Waals surface area contributed by atoms with Crippen molar-refractivity contribution >= 4 is 50.7 Å². The number of carbonyl (C=O) groups is 1. The highest BCUT2D eigenvalue weighted by Gasteiger charge is 2.23. The minimum Gasteiger partial charge on any atom is -0.469 e. The van der Waals surface area contributed by atoms with E-state index >= 15 is 0 Å². The fraction of sp³-hybridized carbons (Fsp3) is 0.417. The molecule has 6 heteroatoms. The second-order valence-electron chi connectivity index (χ2n) is 7.85. The van der Waals surface area contributed by atoms with Gasteiger partial charge in [0.1, 0.15) is 4.83 Å². The molecule has 1 aliphatic carbocycles. The van der Waals surface area contributed by atoms with Crippen molar-refractivity contribution in [2.75, 3.05) is 7.11 Å². The zero-order valence-electron chi connectivity index (χ0n) is 17.3. The van der Waals surface area contributed by atoms with Crippen molar-refractivity contribution in [2.45, 2.75) is 58.3 Å². The third-order valence-corrected chi connectivity index (χ3v) is 7.83. The molecule has 2 aromatic heterocycles. The van der Waals surface area contributed by atoms with Crippen molar-refractivity contribution in [2.24, 2.45) is 0 Å². The predicted molar refractivity (Wildman–Crippen MR) is 126 cm³/mol. The van der Waals surface area contributed by atoms with Crippen LogP contribution < -0.4 is 0 Å². The number of aromatic nitrogens is 1. The molecule has 0 aliphatic heterocycles. The summed E-state index contributed by atoms with van der Waals surface area (Å²) >= 11 is 14.5. The van der Waals surface area contributed by atoms with Gasteiger partial charge in [-0.25, -0.2) is 4.98 Å². The minimum atomic E-state index is -0.156. The Hall–Kier alpha value is -1.62. The van der Waals surface area contributed by atoms with E-state index in [0.717, 1.165) is 48.2 Å². The Morgan fingerprint density at radius 3 is 2.73 bits per heavy atom. The number of methoxy groups -OCH3 is 1. The molecule has 0 unspecified atom stereocenters. The van der Waals surface area contributed by atoms with Gasteiger partial charge in [-0.15, -0.1) is 11.3 Å². The Kier molecular flexibility index (Phi) is 6.66. The van der Waals surface area contributed by atoms with Gasteiger partial charge < -0.3 is 4.74 Å². The SMILES string of the molecule is COC(=O)CCCCc1c(C)nc2sc3c(c2c1-c1ccc(Cl)c(Cl)c1)CCCC3. The second-order valence-corrected chi connectivity index (χ2v) is 9.75. The summed E-state index contributed by atoms with van der Waals surface area (Å²) < 4.78 is 4.78. The molecule has 0 atom stereocenters. The Morgan fingerprint density at radius 2 is 1.97 bits per heavy atom. The number of unbranched alkanes of at least 4 members (excludes halogenated alkanes) is 1. The Balaban J connectivity index is 1.83. The van der Waals surface area contributed by atoms with Crippen LogP contribution in [0, 0.1) is 6.92 Å². The summed E-state index contributed by atoms with van der Waals surface area (Å²) in [5.74, 6) is -0.156. The molecule has 1 aliphatic rings. The van der Waals surface area contributed by atoms with Crippen LogP contribution in [0.15, 0.2) is 18.2 Å².